The number of esters is 1. The second kappa shape index (κ2) is 6.40. The number of thiazole rings is 1. The van der Waals surface area contributed by atoms with Crippen LogP contribution in [0.5, 0.6) is 0 Å². The molecule has 7 heteroatoms. The van der Waals surface area contributed by atoms with E-state index < -0.39 is 5.97 Å². The van der Waals surface area contributed by atoms with Crippen molar-refractivity contribution < 1.29 is 19.1 Å². The summed E-state index contributed by atoms with van der Waals surface area (Å²) in [6, 6.07) is 6.14. The average Bonchev–Trinajstić information content (AvgIpc) is 2.95. The number of hydrogen-bond donors (Lipinski definition) is 1. The van der Waals surface area contributed by atoms with Gasteiger partial charge in [-0.2, -0.15) is 0 Å². The van der Waals surface area contributed by atoms with Crippen molar-refractivity contribution >= 4 is 34.1 Å². The van der Waals surface area contributed by atoms with Crippen molar-refractivity contribution in [2.75, 3.05) is 12.4 Å². The Morgan fingerprint density at radius 1 is 1.16 bits per heavy atom. The van der Waals surface area contributed by atoms with E-state index in [9.17, 15) is 14.4 Å². The lowest BCUT2D eigenvalue weighted by Gasteiger charge is -2.26. The lowest BCUT2D eigenvalue weighted by Crippen LogP contribution is -2.26. The Kier molecular flexibility index (Phi) is 4.43. The van der Waals surface area contributed by atoms with E-state index in [1.165, 1.54) is 30.6 Å². The summed E-state index contributed by atoms with van der Waals surface area (Å²) in [6.07, 6.45) is 1.21. The molecule has 0 bridgehead atoms. The Hall–Kier alpha value is -2.54. The Bertz CT molecular complexity index is 852. The van der Waals surface area contributed by atoms with Crippen LogP contribution < -0.4 is 5.32 Å². The van der Waals surface area contributed by atoms with Crippen molar-refractivity contribution in [3.05, 3.63) is 46.0 Å². The Labute approximate surface area is 149 Å². The number of aromatic nitrogens is 1. The molecule has 1 aliphatic carbocycles. The number of carbonyl (C=O) groups excluding carboxylic acids is 3. The molecule has 1 aromatic heterocycles. The molecule has 0 saturated heterocycles. The van der Waals surface area contributed by atoms with Gasteiger partial charge in [0, 0.05) is 12.0 Å². The highest BCUT2D eigenvalue weighted by Crippen LogP contribution is 2.38. The number of Topliss-reactive ketones (excluding diaryl/α,β-unsaturated/α-hetero) is 1. The number of hydrogen-bond acceptors (Lipinski definition) is 6. The van der Waals surface area contributed by atoms with Crippen molar-refractivity contribution in [1.29, 1.82) is 0 Å². The predicted molar refractivity (Wildman–Crippen MR) is 94.3 cm³/mol. The molecule has 3 rings (SSSR count). The van der Waals surface area contributed by atoms with E-state index in [0.717, 1.165) is 5.69 Å². The summed E-state index contributed by atoms with van der Waals surface area (Å²) in [6.45, 7) is 4.07. The smallest absolute Gasteiger partial charge is 0.337 e. The van der Waals surface area contributed by atoms with Crippen LogP contribution in [0.4, 0.5) is 5.13 Å². The number of methoxy groups -OCH3 is 1. The van der Waals surface area contributed by atoms with Gasteiger partial charge in [0.05, 0.1) is 23.2 Å². The first-order chi connectivity index (χ1) is 11.8. The molecule has 0 fully saturated rings. The van der Waals surface area contributed by atoms with Crippen LogP contribution in [-0.2, 0) is 11.2 Å². The molecule has 1 aromatic carbocycles. The molecular formula is C18H18N2O4S. The Morgan fingerprint density at radius 3 is 2.44 bits per heavy atom. The van der Waals surface area contributed by atoms with Gasteiger partial charge in [-0.05, 0) is 36.1 Å². The highest BCUT2D eigenvalue weighted by atomic mass is 32.1. The Morgan fingerprint density at radius 2 is 1.80 bits per heavy atom. The quantitative estimate of drug-likeness (QED) is 0.851. The molecule has 25 heavy (non-hydrogen) atoms. The van der Waals surface area contributed by atoms with Gasteiger partial charge in [-0.1, -0.05) is 25.2 Å². The number of carbonyl (C=O) groups is 3. The summed E-state index contributed by atoms with van der Waals surface area (Å²) in [5.41, 5.74) is 1.41. The normalized spacial score (nSPS) is 15.4. The van der Waals surface area contributed by atoms with Crippen LogP contribution in [0.15, 0.2) is 24.3 Å². The van der Waals surface area contributed by atoms with Gasteiger partial charge in [0.1, 0.15) is 0 Å². The molecule has 6 nitrogen and oxygen atoms in total. The van der Waals surface area contributed by atoms with E-state index in [1.54, 1.807) is 12.1 Å². The van der Waals surface area contributed by atoms with E-state index >= 15 is 0 Å². The van der Waals surface area contributed by atoms with Crippen LogP contribution in [0, 0.1) is 5.41 Å². The second-order valence-corrected chi connectivity index (χ2v) is 7.76. The van der Waals surface area contributed by atoms with Gasteiger partial charge in [0.15, 0.2) is 10.9 Å². The Balaban J connectivity index is 1.76. The molecule has 0 spiro atoms. The number of ether oxygens (including phenoxy) is 1. The van der Waals surface area contributed by atoms with Gasteiger partial charge in [-0.15, -0.1) is 0 Å². The standard InChI is InChI=1S/C18H18N2O4S/c1-18(2)8-12-14(13(21)9-18)25-17(19-12)20-15(22)10-4-6-11(7-5-10)16(23)24-3/h4-7H,8-9H2,1-3H3,(H,19,20,22). The highest BCUT2D eigenvalue weighted by Gasteiger charge is 2.34. The third-order valence-corrected chi connectivity index (χ3v) is 5.08. The van der Waals surface area contributed by atoms with E-state index in [4.69, 9.17) is 0 Å². The van der Waals surface area contributed by atoms with Crippen LogP contribution in [0.25, 0.3) is 0 Å². The minimum atomic E-state index is -0.458. The largest absolute Gasteiger partial charge is 0.465 e. The number of amides is 1. The maximum Gasteiger partial charge on any atom is 0.337 e. The molecule has 1 amide bonds. The summed E-state index contributed by atoms with van der Waals surface area (Å²) < 4.78 is 4.63. The number of nitrogens with zero attached hydrogens (tertiary/aromatic N) is 1. The van der Waals surface area contributed by atoms with Crippen molar-refractivity contribution in [2.45, 2.75) is 26.7 Å². The minimum Gasteiger partial charge on any atom is -0.465 e. The number of benzene rings is 1. The lowest BCUT2D eigenvalue weighted by atomic mass is 9.78. The average molecular weight is 358 g/mol. The maximum absolute atomic E-state index is 12.3. The fourth-order valence-electron chi connectivity index (χ4n) is 2.82. The van der Waals surface area contributed by atoms with Gasteiger partial charge < -0.3 is 4.74 Å². The first-order valence-corrected chi connectivity index (χ1v) is 8.63. The third-order valence-electron chi connectivity index (χ3n) is 4.02. The van der Waals surface area contributed by atoms with E-state index in [1.807, 2.05) is 13.8 Å². The van der Waals surface area contributed by atoms with Crippen molar-refractivity contribution in [1.82, 2.24) is 4.98 Å². The summed E-state index contributed by atoms with van der Waals surface area (Å²) >= 11 is 1.21. The molecule has 0 radical (unpaired) electrons. The number of fused-ring (bicyclic) bond motifs is 1. The van der Waals surface area contributed by atoms with Gasteiger partial charge in [0.25, 0.3) is 5.91 Å². The van der Waals surface area contributed by atoms with Crippen LogP contribution >= 0.6 is 11.3 Å². The third kappa shape index (κ3) is 3.61. The van der Waals surface area contributed by atoms with Gasteiger partial charge in [-0.25, -0.2) is 9.78 Å². The van der Waals surface area contributed by atoms with E-state index in [-0.39, 0.29) is 17.1 Å². The molecule has 0 saturated carbocycles. The molecule has 0 unspecified atom stereocenters. The van der Waals surface area contributed by atoms with Crippen molar-refractivity contribution in [3.63, 3.8) is 0 Å². The van der Waals surface area contributed by atoms with Crippen LogP contribution in [-0.4, -0.2) is 29.8 Å². The van der Waals surface area contributed by atoms with Gasteiger partial charge in [-0.3, -0.25) is 14.9 Å². The zero-order chi connectivity index (χ0) is 18.2. The number of ketones is 1. The SMILES string of the molecule is COC(=O)c1ccc(C(=O)Nc2nc3c(s2)C(=O)CC(C)(C)C3)cc1. The first-order valence-electron chi connectivity index (χ1n) is 7.82. The predicted octanol–water partition coefficient (Wildman–Crippen LogP) is 3.34. The fourth-order valence-corrected chi connectivity index (χ4v) is 3.73. The number of anilines is 1. The summed E-state index contributed by atoms with van der Waals surface area (Å²) in [5, 5.41) is 3.14. The van der Waals surface area contributed by atoms with Gasteiger partial charge >= 0.3 is 5.97 Å². The second-order valence-electron chi connectivity index (χ2n) is 6.76. The molecule has 0 aliphatic heterocycles. The monoisotopic (exact) mass is 358 g/mol. The molecule has 130 valence electrons. The van der Waals surface area contributed by atoms with Crippen molar-refractivity contribution in [2.24, 2.45) is 5.41 Å². The summed E-state index contributed by atoms with van der Waals surface area (Å²) in [5.74, 6) is -0.721. The maximum atomic E-state index is 12.3. The van der Waals surface area contributed by atoms with E-state index in [0.29, 0.717) is 34.0 Å². The zero-order valence-electron chi connectivity index (χ0n) is 14.2. The number of rotatable bonds is 3. The molecule has 2 aromatic rings. The lowest BCUT2D eigenvalue weighted by molar-refractivity contribution is 0.0600. The van der Waals surface area contributed by atoms with E-state index in [2.05, 4.69) is 15.0 Å². The van der Waals surface area contributed by atoms with Gasteiger partial charge in [0.2, 0.25) is 0 Å². The molecule has 1 heterocycles. The minimum absolute atomic E-state index is 0.0756. The van der Waals surface area contributed by atoms with Crippen LogP contribution in [0.2, 0.25) is 0 Å². The van der Waals surface area contributed by atoms with Crippen molar-refractivity contribution in [3.8, 4) is 0 Å². The van der Waals surface area contributed by atoms with Crippen LogP contribution in [0.3, 0.4) is 0 Å². The molecule has 1 N–H and O–H groups in total. The van der Waals surface area contributed by atoms with Crippen LogP contribution in [0.1, 0.15) is 56.3 Å². The molecular weight excluding hydrogens is 340 g/mol. The fraction of sp³-hybridized carbons (Fsp3) is 0.333. The first kappa shape index (κ1) is 17.3. The zero-order valence-corrected chi connectivity index (χ0v) is 15.0. The number of nitrogens with one attached hydrogen (secondary N) is 1. The molecule has 0 atom stereocenters. The molecule has 1 aliphatic rings. The summed E-state index contributed by atoms with van der Waals surface area (Å²) in [4.78, 5) is 41.0. The highest BCUT2D eigenvalue weighted by molar-refractivity contribution is 7.17. The topological polar surface area (TPSA) is 85.4 Å². The summed E-state index contributed by atoms with van der Waals surface area (Å²) in [7, 11) is 1.30.